The third-order valence-corrected chi connectivity index (χ3v) is 1.31. The van der Waals surface area contributed by atoms with Crippen molar-refractivity contribution in [3.63, 3.8) is 0 Å². The van der Waals surface area contributed by atoms with Crippen LogP contribution in [0, 0.1) is 11.3 Å². The second-order valence-electron chi connectivity index (χ2n) is 2.14. The number of nitrogens with zero attached hydrogens (tertiary/aromatic N) is 1. The maximum Gasteiger partial charge on any atom is 0.300 e. The van der Waals surface area contributed by atoms with Gasteiger partial charge in [0.05, 0.1) is 11.6 Å². The fraction of sp³-hybridized carbons (Fsp3) is 0.286. The largest absolute Gasteiger partial charge is 0.300 e. The van der Waals surface area contributed by atoms with Crippen LogP contribution in [0.25, 0.3) is 0 Å². The molecule has 0 saturated heterocycles. The van der Waals surface area contributed by atoms with E-state index in [2.05, 4.69) is 0 Å². The first-order valence-electron chi connectivity index (χ1n) is 2.89. The van der Waals surface area contributed by atoms with Crippen molar-refractivity contribution in [3.05, 3.63) is 23.8 Å². The Morgan fingerprint density at radius 1 is 1.55 bits per heavy atom. The Morgan fingerprint density at radius 3 is 2.64 bits per heavy atom. The first-order chi connectivity index (χ1) is 5.06. The van der Waals surface area contributed by atoms with E-state index in [4.69, 9.17) is 5.26 Å². The molecule has 0 bridgehead atoms. The van der Waals surface area contributed by atoms with Gasteiger partial charge in [0.15, 0.2) is 6.17 Å². The van der Waals surface area contributed by atoms with Crippen LogP contribution in [0.2, 0.25) is 0 Å². The predicted molar refractivity (Wildman–Crippen MR) is 32.7 cm³/mol. The topological polar surface area (TPSA) is 23.8 Å². The van der Waals surface area contributed by atoms with Crippen LogP contribution in [0.5, 0.6) is 0 Å². The van der Waals surface area contributed by atoms with E-state index in [1.54, 1.807) is 6.07 Å². The SMILES string of the molecule is N#CC1=CC(F)C(F)(F)C=C1. The van der Waals surface area contributed by atoms with Crippen LogP contribution in [0.15, 0.2) is 23.8 Å². The van der Waals surface area contributed by atoms with Crippen LogP contribution in [0.3, 0.4) is 0 Å². The first-order valence-corrected chi connectivity index (χ1v) is 2.89. The van der Waals surface area contributed by atoms with E-state index >= 15 is 0 Å². The van der Waals surface area contributed by atoms with Gasteiger partial charge in [0.2, 0.25) is 0 Å². The van der Waals surface area contributed by atoms with Crippen molar-refractivity contribution >= 4 is 0 Å². The van der Waals surface area contributed by atoms with Crippen LogP contribution in [-0.2, 0) is 0 Å². The van der Waals surface area contributed by atoms with Gasteiger partial charge in [0, 0.05) is 0 Å². The monoisotopic (exact) mass is 159 g/mol. The molecule has 11 heavy (non-hydrogen) atoms. The quantitative estimate of drug-likeness (QED) is 0.530. The number of hydrogen-bond donors (Lipinski definition) is 0. The van der Waals surface area contributed by atoms with E-state index < -0.39 is 12.1 Å². The molecule has 0 heterocycles. The molecule has 0 aromatic carbocycles. The van der Waals surface area contributed by atoms with Crippen molar-refractivity contribution < 1.29 is 13.2 Å². The van der Waals surface area contributed by atoms with Crippen molar-refractivity contribution in [2.75, 3.05) is 0 Å². The fourth-order valence-corrected chi connectivity index (χ4v) is 0.692. The van der Waals surface area contributed by atoms with E-state index in [-0.39, 0.29) is 5.57 Å². The Morgan fingerprint density at radius 2 is 2.18 bits per heavy atom. The standard InChI is InChI=1S/C7H4F3N/c8-6-3-5(4-11)1-2-7(6,9)10/h1-3,6H. The normalized spacial score (nSPS) is 27.5. The van der Waals surface area contributed by atoms with Crippen LogP contribution in [0.1, 0.15) is 0 Å². The molecule has 0 amide bonds. The number of rotatable bonds is 0. The van der Waals surface area contributed by atoms with E-state index in [0.717, 1.165) is 6.08 Å². The Balaban J connectivity index is 2.90. The van der Waals surface area contributed by atoms with Gasteiger partial charge in [-0.05, 0) is 18.2 Å². The lowest BCUT2D eigenvalue weighted by Crippen LogP contribution is -2.27. The summed E-state index contributed by atoms with van der Waals surface area (Å²) in [4.78, 5) is 0. The highest BCUT2D eigenvalue weighted by atomic mass is 19.3. The number of halogens is 3. The average Bonchev–Trinajstić information content (AvgIpc) is 1.95. The molecule has 58 valence electrons. The van der Waals surface area contributed by atoms with E-state index in [9.17, 15) is 13.2 Å². The second kappa shape index (κ2) is 2.42. The summed E-state index contributed by atoms with van der Waals surface area (Å²) >= 11 is 0. The molecule has 0 N–H and O–H groups in total. The summed E-state index contributed by atoms with van der Waals surface area (Å²) in [6, 6.07) is 1.57. The maximum atomic E-state index is 12.4. The van der Waals surface area contributed by atoms with Crippen LogP contribution in [-0.4, -0.2) is 12.1 Å². The Kier molecular flexibility index (Phi) is 1.73. The van der Waals surface area contributed by atoms with Crippen LogP contribution >= 0.6 is 0 Å². The maximum absolute atomic E-state index is 12.4. The second-order valence-corrected chi connectivity index (χ2v) is 2.14. The Labute approximate surface area is 61.4 Å². The molecular formula is C7H4F3N. The van der Waals surface area contributed by atoms with Gasteiger partial charge in [-0.3, -0.25) is 0 Å². The first kappa shape index (κ1) is 7.86. The minimum atomic E-state index is -3.46. The van der Waals surface area contributed by atoms with Gasteiger partial charge in [0.1, 0.15) is 0 Å². The van der Waals surface area contributed by atoms with Gasteiger partial charge in [-0.1, -0.05) is 0 Å². The van der Waals surface area contributed by atoms with Crippen molar-refractivity contribution in [3.8, 4) is 6.07 Å². The molecule has 0 fully saturated rings. The van der Waals surface area contributed by atoms with Gasteiger partial charge >= 0.3 is 5.92 Å². The molecule has 1 aliphatic rings. The van der Waals surface area contributed by atoms with Gasteiger partial charge in [0.25, 0.3) is 0 Å². The molecule has 1 unspecified atom stereocenters. The highest BCUT2D eigenvalue weighted by Gasteiger charge is 2.37. The van der Waals surface area contributed by atoms with Gasteiger partial charge in [-0.2, -0.15) is 14.0 Å². The Hall–Kier alpha value is -1.24. The highest BCUT2D eigenvalue weighted by Crippen LogP contribution is 2.28. The smallest absolute Gasteiger partial charge is 0.236 e. The summed E-state index contributed by atoms with van der Waals surface area (Å²) in [7, 11) is 0. The highest BCUT2D eigenvalue weighted by molar-refractivity contribution is 5.39. The molecule has 1 atom stereocenters. The lowest BCUT2D eigenvalue weighted by molar-refractivity contribution is -0.00780. The Bertz CT molecular complexity index is 259. The summed E-state index contributed by atoms with van der Waals surface area (Å²) in [5, 5.41) is 8.20. The molecule has 1 aliphatic carbocycles. The summed E-state index contributed by atoms with van der Waals surface area (Å²) in [5.74, 6) is -3.46. The molecule has 4 heteroatoms. The molecular weight excluding hydrogens is 155 g/mol. The lowest BCUT2D eigenvalue weighted by atomic mass is 10.0. The third kappa shape index (κ3) is 1.43. The average molecular weight is 159 g/mol. The molecule has 0 radical (unpaired) electrons. The van der Waals surface area contributed by atoms with E-state index in [1.807, 2.05) is 0 Å². The summed E-state index contributed by atoms with van der Waals surface area (Å²) in [6.07, 6.45) is -0.450. The predicted octanol–water partition coefficient (Wildman–Crippen LogP) is 1.98. The zero-order valence-electron chi connectivity index (χ0n) is 5.39. The van der Waals surface area contributed by atoms with Gasteiger partial charge < -0.3 is 0 Å². The summed E-state index contributed by atoms with van der Waals surface area (Å²) < 4.78 is 37.0. The third-order valence-electron chi connectivity index (χ3n) is 1.31. The van der Waals surface area contributed by atoms with E-state index in [0.29, 0.717) is 12.2 Å². The van der Waals surface area contributed by atoms with Crippen molar-refractivity contribution in [2.24, 2.45) is 0 Å². The summed E-state index contributed by atoms with van der Waals surface area (Å²) in [6.45, 7) is 0. The van der Waals surface area contributed by atoms with Crippen molar-refractivity contribution in [1.82, 2.24) is 0 Å². The van der Waals surface area contributed by atoms with Crippen molar-refractivity contribution in [2.45, 2.75) is 12.1 Å². The van der Waals surface area contributed by atoms with Crippen LogP contribution < -0.4 is 0 Å². The van der Waals surface area contributed by atoms with Gasteiger partial charge in [-0.15, -0.1) is 0 Å². The number of hydrogen-bond acceptors (Lipinski definition) is 1. The zero-order chi connectivity index (χ0) is 8.48. The molecule has 0 saturated carbocycles. The molecule has 0 aliphatic heterocycles. The summed E-state index contributed by atoms with van der Waals surface area (Å²) in [5.41, 5.74) is -0.0663. The van der Waals surface area contributed by atoms with Gasteiger partial charge in [-0.25, -0.2) is 4.39 Å². The number of nitriles is 1. The number of alkyl halides is 3. The fourth-order valence-electron chi connectivity index (χ4n) is 0.692. The minimum absolute atomic E-state index is 0.0663. The molecule has 0 spiro atoms. The van der Waals surface area contributed by atoms with E-state index in [1.165, 1.54) is 0 Å². The molecule has 1 nitrogen and oxygen atoms in total. The van der Waals surface area contributed by atoms with Crippen molar-refractivity contribution in [1.29, 1.82) is 5.26 Å². The molecule has 0 aromatic heterocycles. The minimum Gasteiger partial charge on any atom is -0.236 e. The molecule has 0 aromatic rings. The zero-order valence-corrected chi connectivity index (χ0v) is 5.39. The van der Waals surface area contributed by atoms with Crippen LogP contribution in [0.4, 0.5) is 13.2 Å². The number of allylic oxidation sites excluding steroid dienone is 4. The lowest BCUT2D eigenvalue weighted by Gasteiger charge is -2.16. The molecule has 1 rings (SSSR count).